The van der Waals surface area contributed by atoms with Crippen LogP contribution in [0, 0.1) is 0 Å². The van der Waals surface area contributed by atoms with Crippen molar-refractivity contribution in [3.8, 4) is 0 Å². The van der Waals surface area contributed by atoms with Crippen molar-refractivity contribution in [2.45, 2.75) is 187 Å². The number of rotatable bonds is 19. The minimum absolute atomic E-state index is 0.109. The molecule has 1 aliphatic heterocycles. The zero-order chi connectivity index (χ0) is 26.2. The Morgan fingerprint density at radius 3 is 1.34 bits per heavy atom. The van der Waals surface area contributed by atoms with Crippen LogP contribution in [0.15, 0.2) is 0 Å². The minimum atomic E-state index is -0.298. The van der Waals surface area contributed by atoms with E-state index in [1.165, 1.54) is 103 Å². The van der Waals surface area contributed by atoms with Gasteiger partial charge in [-0.25, -0.2) is 0 Å². The van der Waals surface area contributed by atoms with E-state index in [0.717, 1.165) is 12.8 Å². The van der Waals surface area contributed by atoms with Crippen molar-refractivity contribution in [3.05, 3.63) is 0 Å². The molecule has 35 heavy (non-hydrogen) atoms. The number of nitrogens with zero attached hydrogens (tertiary/aromatic N) is 1. The number of carbonyl (C=O) groups excluding carboxylic acids is 2. The van der Waals surface area contributed by atoms with E-state index in [0.29, 0.717) is 19.3 Å². The van der Waals surface area contributed by atoms with E-state index >= 15 is 0 Å². The molecule has 0 radical (unpaired) electrons. The largest absolute Gasteiger partial charge is 0.462 e. The molecule has 0 saturated carbocycles. The summed E-state index contributed by atoms with van der Waals surface area (Å²) >= 11 is 0. The number of hydrogen-bond acceptors (Lipinski definition) is 3. The van der Waals surface area contributed by atoms with Gasteiger partial charge in [-0.1, -0.05) is 110 Å². The number of esters is 1. The SMILES string of the molecule is CCCCCCCCCCCCCCCCCCCC(=O)N1C(C)(C)CC(OC(C)=O)CC1(C)C. The molecule has 1 amide bonds. The number of likely N-dealkylation sites (tertiary alicyclic amines) is 1. The summed E-state index contributed by atoms with van der Waals surface area (Å²) in [6, 6.07) is 0. The Labute approximate surface area is 218 Å². The van der Waals surface area contributed by atoms with E-state index in [9.17, 15) is 9.59 Å². The summed E-state index contributed by atoms with van der Waals surface area (Å²) < 4.78 is 5.51. The third-order valence-corrected chi connectivity index (χ3v) is 7.74. The van der Waals surface area contributed by atoms with Crippen LogP contribution in [0.5, 0.6) is 0 Å². The molecule has 1 fully saturated rings. The Hall–Kier alpha value is -1.06. The fraction of sp³-hybridized carbons (Fsp3) is 0.935. The molecule has 1 saturated heterocycles. The lowest BCUT2D eigenvalue weighted by molar-refractivity contribution is -0.166. The molecule has 0 aliphatic carbocycles. The smallest absolute Gasteiger partial charge is 0.302 e. The van der Waals surface area contributed by atoms with Crippen molar-refractivity contribution in [2.24, 2.45) is 0 Å². The highest BCUT2D eigenvalue weighted by Crippen LogP contribution is 2.40. The first-order valence-corrected chi connectivity index (χ1v) is 15.1. The van der Waals surface area contributed by atoms with E-state index in [4.69, 9.17) is 4.74 Å². The minimum Gasteiger partial charge on any atom is -0.462 e. The molecule has 1 rings (SSSR count). The standard InChI is InChI=1S/C31H59NO3/c1-7-8-9-10-11-12-13-14-15-16-17-18-19-20-21-22-23-24-29(34)32-30(3,4)25-28(35-27(2)33)26-31(32,5)6/h28H,7-26H2,1-6H3. The molecule has 0 bridgehead atoms. The lowest BCUT2D eigenvalue weighted by atomic mass is 9.77. The molecule has 4 heteroatoms. The molecular formula is C31H59NO3. The summed E-state index contributed by atoms with van der Waals surface area (Å²) in [5.41, 5.74) is -0.596. The zero-order valence-corrected chi connectivity index (χ0v) is 24.4. The second-order valence-corrected chi connectivity index (χ2v) is 12.4. The van der Waals surface area contributed by atoms with Crippen molar-refractivity contribution >= 4 is 11.9 Å². The van der Waals surface area contributed by atoms with E-state index in [2.05, 4.69) is 39.5 Å². The Kier molecular flexibility index (Phi) is 15.9. The highest BCUT2D eigenvalue weighted by Gasteiger charge is 2.48. The number of ether oxygens (including phenoxy) is 1. The average molecular weight is 494 g/mol. The predicted molar refractivity (Wildman–Crippen MR) is 149 cm³/mol. The van der Waals surface area contributed by atoms with Crippen LogP contribution < -0.4 is 0 Å². The number of carbonyl (C=O) groups is 2. The highest BCUT2D eigenvalue weighted by molar-refractivity contribution is 5.78. The van der Waals surface area contributed by atoms with Crippen molar-refractivity contribution in [3.63, 3.8) is 0 Å². The van der Waals surface area contributed by atoms with Crippen LogP contribution in [0.4, 0.5) is 0 Å². The maximum atomic E-state index is 13.1. The predicted octanol–water partition coefficient (Wildman–Crippen LogP) is 9.14. The Morgan fingerprint density at radius 1 is 0.657 bits per heavy atom. The van der Waals surface area contributed by atoms with Gasteiger partial charge in [0, 0.05) is 37.3 Å². The van der Waals surface area contributed by atoms with Gasteiger partial charge < -0.3 is 9.64 Å². The Balaban J connectivity index is 2.06. The molecule has 0 spiro atoms. The number of unbranched alkanes of at least 4 members (excludes halogenated alkanes) is 16. The Morgan fingerprint density at radius 2 is 1.00 bits per heavy atom. The van der Waals surface area contributed by atoms with Crippen LogP contribution in [0.1, 0.15) is 170 Å². The molecule has 0 unspecified atom stereocenters. The van der Waals surface area contributed by atoms with Crippen LogP contribution in [0.3, 0.4) is 0 Å². The molecule has 0 atom stereocenters. The first-order chi connectivity index (χ1) is 16.6. The fourth-order valence-electron chi connectivity index (χ4n) is 6.29. The van der Waals surface area contributed by atoms with Gasteiger partial charge in [0.15, 0.2) is 0 Å². The lowest BCUT2D eigenvalue weighted by Crippen LogP contribution is -2.64. The van der Waals surface area contributed by atoms with Crippen molar-refractivity contribution in [1.82, 2.24) is 4.90 Å². The van der Waals surface area contributed by atoms with Crippen LogP contribution >= 0.6 is 0 Å². The van der Waals surface area contributed by atoms with E-state index in [-0.39, 0.29) is 29.1 Å². The van der Waals surface area contributed by atoms with Gasteiger partial charge in [0.2, 0.25) is 5.91 Å². The van der Waals surface area contributed by atoms with Crippen molar-refractivity contribution in [2.75, 3.05) is 0 Å². The third kappa shape index (κ3) is 13.7. The summed E-state index contributed by atoms with van der Waals surface area (Å²) in [4.78, 5) is 26.6. The molecule has 0 aromatic carbocycles. The molecule has 0 aromatic heterocycles. The number of amides is 1. The molecule has 1 heterocycles. The molecule has 0 aromatic rings. The normalized spacial score (nSPS) is 17.5. The molecular weight excluding hydrogens is 434 g/mol. The van der Waals surface area contributed by atoms with Gasteiger partial charge in [0.1, 0.15) is 6.10 Å². The van der Waals surface area contributed by atoms with Crippen LogP contribution in [0.25, 0.3) is 0 Å². The fourth-order valence-corrected chi connectivity index (χ4v) is 6.29. The summed E-state index contributed by atoms with van der Waals surface area (Å²) in [7, 11) is 0. The summed E-state index contributed by atoms with van der Waals surface area (Å²) in [6.07, 6.45) is 24.9. The van der Waals surface area contributed by atoms with Gasteiger partial charge in [-0.05, 0) is 34.1 Å². The zero-order valence-electron chi connectivity index (χ0n) is 24.4. The van der Waals surface area contributed by atoms with E-state index in [1.54, 1.807) is 0 Å². The number of piperidine rings is 1. The van der Waals surface area contributed by atoms with Crippen LogP contribution in [-0.2, 0) is 14.3 Å². The maximum Gasteiger partial charge on any atom is 0.302 e. The maximum absolute atomic E-state index is 13.1. The first kappa shape index (κ1) is 32.0. The Bertz CT molecular complexity index is 566. The average Bonchev–Trinajstić information content (AvgIpc) is 2.73. The van der Waals surface area contributed by atoms with E-state index in [1.807, 2.05) is 0 Å². The van der Waals surface area contributed by atoms with E-state index < -0.39 is 0 Å². The van der Waals surface area contributed by atoms with Crippen LogP contribution in [-0.4, -0.2) is 34.0 Å². The van der Waals surface area contributed by atoms with Gasteiger partial charge in [-0.2, -0.15) is 0 Å². The molecule has 1 aliphatic rings. The molecule has 4 nitrogen and oxygen atoms in total. The second-order valence-electron chi connectivity index (χ2n) is 12.4. The third-order valence-electron chi connectivity index (χ3n) is 7.74. The van der Waals surface area contributed by atoms with Gasteiger partial charge >= 0.3 is 5.97 Å². The molecule has 206 valence electrons. The summed E-state index contributed by atoms with van der Waals surface area (Å²) in [6.45, 7) is 12.2. The van der Waals surface area contributed by atoms with Crippen LogP contribution in [0.2, 0.25) is 0 Å². The summed E-state index contributed by atoms with van der Waals surface area (Å²) in [5.74, 6) is 0.0205. The van der Waals surface area contributed by atoms with Gasteiger partial charge in [0.25, 0.3) is 0 Å². The number of hydrogen-bond donors (Lipinski definition) is 0. The quantitative estimate of drug-likeness (QED) is 0.133. The monoisotopic (exact) mass is 493 g/mol. The lowest BCUT2D eigenvalue weighted by Gasteiger charge is -2.55. The van der Waals surface area contributed by atoms with Gasteiger partial charge in [0.05, 0.1) is 0 Å². The first-order valence-electron chi connectivity index (χ1n) is 15.1. The van der Waals surface area contributed by atoms with Gasteiger partial charge in [-0.3, -0.25) is 9.59 Å². The van der Waals surface area contributed by atoms with Crippen molar-refractivity contribution in [1.29, 1.82) is 0 Å². The second kappa shape index (κ2) is 17.4. The topological polar surface area (TPSA) is 46.6 Å². The van der Waals surface area contributed by atoms with Crippen molar-refractivity contribution < 1.29 is 14.3 Å². The van der Waals surface area contributed by atoms with Gasteiger partial charge in [-0.15, -0.1) is 0 Å². The summed E-state index contributed by atoms with van der Waals surface area (Å²) in [5, 5.41) is 0. The highest BCUT2D eigenvalue weighted by atomic mass is 16.5. The molecule has 0 N–H and O–H groups in total.